The van der Waals surface area contributed by atoms with Crippen LogP contribution in [0.15, 0.2) is 18.2 Å². The lowest BCUT2D eigenvalue weighted by Gasteiger charge is -2.27. The van der Waals surface area contributed by atoms with Crippen molar-refractivity contribution in [1.29, 1.82) is 0 Å². The predicted molar refractivity (Wildman–Crippen MR) is 83.3 cm³/mol. The number of imidazole rings is 1. The molecule has 0 atom stereocenters. The molecule has 3 rings (SSSR count). The third-order valence-electron chi connectivity index (χ3n) is 3.83. The highest BCUT2D eigenvalue weighted by Gasteiger charge is 2.18. The summed E-state index contributed by atoms with van der Waals surface area (Å²) in [6, 6.07) is 6.31. The molecule has 0 saturated carbocycles. The zero-order valence-electron chi connectivity index (χ0n) is 12.1. The summed E-state index contributed by atoms with van der Waals surface area (Å²) in [4.78, 5) is 7.25. The van der Waals surface area contributed by atoms with Gasteiger partial charge in [-0.25, -0.2) is 4.98 Å². The van der Waals surface area contributed by atoms with E-state index in [1.54, 1.807) is 0 Å². The SMILES string of the molecule is CC(C)n1c(CN2CCNCC2)nc2cccc(Cl)c21. The van der Waals surface area contributed by atoms with E-state index in [9.17, 15) is 0 Å². The lowest BCUT2D eigenvalue weighted by molar-refractivity contribution is 0.224. The molecule has 1 aliphatic heterocycles. The summed E-state index contributed by atoms with van der Waals surface area (Å²) in [7, 11) is 0. The fourth-order valence-electron chi connectivity index (χ4n) is 2.89. The second-order valence-electron chi connectivity index (χ2n) is 5.63. The van der Waals surface area contributed by atoms with E-state index in [0.29, 0.717) is 6.04 Å². The molecule has 20 heavy (non-hydrogen) atoms. The molecule has 1 aromatic heterocycles. The van der Waals surface area contributed by atoms with Gasteiger partial charge < -0.3 is 9.88 Å². The average Bonchev–Trinajstić information content (AvgIpc) is 2.79. The van der Waals surface area contributed by atoms with Crippen LogP contribution in [-0.4, -0.2) is 40.6 Å². The Bertz CT molecular complexity index is 599. The molecule has 1 fully saturated rings. The molecule has 2 heterocycles. The smallest absolute Gasteiger partial charge is 0.124 e. The zero-order valence-corrected chi connectivity index (χ0v) is 12.8. The van der Waals surface area contributed by atoms with Crippen molar-refractivity contribution in [2.24, 2.45) is 0 Å². The quantitative estimate of drug-likeness (QED) is 0.944. The Hall–Kier alpha value is -1.10. The second-order valence-corrected chi connectivity index (χ2v) is 6.03. The van der Waals surface area contributed by atoms with Crippen LogP contribution in [0.1, 0.15) is 25.7 Å². The first-order chi connectivity index (χ1) is 9.66. The summed E-state index contributed by atoms with van der Waals surface area (Å²) >= 11 is 6.38. The van der Waals surface area contributed by atoms with Gasteiger partial charge in [-0.3, -0.25) is 4.90 Å². The van der Waals surface area contributed by atoms with Gasteiger partial charge in [-0.15, -0.1) is 0 Å². The number of hydrogen-bond donors (Lipinski definition) is 1. The van der Waals surface area contributed by atoms with E-state index in [-0.39, 0.29) is 0 Å². The lowest BCUT2D eigenvalue weighted by atomic mass is 10.3. The van der Waals surface area contributed by atoms with Crippen LogP contribution in [0.25, 0.3) is 11.0 Å². The van der Waals surface area contributed by atoms with Gasteiger partial charge in [-0.2, -0.15) is 0 Å². The Balaban J connectivity index is 2.01. The number of nitrogens with one attached hydrogen (secondary N) is 1. The molecule has 2 aromatic rings. The molecule has 0 bridgehead atoms. The van der Waals surface area contributed by atoms with Crippen molar-refractivity contribution in [3.8, 4) is 0 Å². The fraction of sp³-hybridized carbons (Fsp3) is 0.533. The van der Waals surface area contributed by atoms with E-state index in [2.05, 4.69) is 28.6 Å². The van der Waals surface area contributed by atoms with Gasteiger partial charge in [0.25, 0.3) is 0 Å². The third-order valence-corrected chi connectivity index (χ3v) is 4.13. The van der Waals surface area contributed by atoms with E-state index in [1.807, 2.05) is 18.2 Å². The van der Waals surface area contributed by atoms with Crippen molar-refractivity contribution < 1.29 is 0 Å². The first-order valence-electron chi connectivity index (χ1n) is 7.25. The Morgan fingerprint density at radius 1 is 1.30 bits per heavy atom. The molecule has 4 nitrogen and oxygen atoms in total. The highest BCUT2D eigenvalue weighted by Crippen LogP contribution is 2.28. The Labute approximate surface area is 124 Å². The number of nitrogens with zero attached hydrogens (tertiary/aromatic N) is 3. The number of halogens is 1. The molecule has 1 N–H and O–H groups in total. The largest absolute Gasteiger partial charge is 0.323 e. The number of para-hydroxylation sites is 1. The molecular formula is C15H21ClN4. The monoisotopic (exact) mass is 292 g/mol. The minimum absolute atomic E-state index is 0.359. The molecular weight excluding hydrogens is 272 g/mol. The van der Waals surface area contributed by atoms with Gasteiger partial charge in [0, 0.05) is 32.2 Å². The van der Waals surface area contributed by atoms with Crippen molar-refractivity contribution in [3.63, 3.8) is 0 Å². The summed E-state index contributed by atoms with van der Waals surface area (Å²) in [6.45, 7) is 9.54. The van der Waals surface area contributed by atoms with Crippen molar-refractivity contribution in [2.75, 3.05) is 26.2 Å². The Morgan fingerprint density at radius 2 is 2.05 bits per heavy atom. The maximum absolute atomic E-state index is 6.38. The molecule has 1 aromatic carbocycles. The molecule has 0 amide bonds. The van der Waals surface area contributed by atoms with Gasteiger partial charge in [0.05, 0.1) is 22.6 Å². The van der Waals surface area contributed by atoms with Crippen LogP contribution in [0.3, 0.4) is 0 Å². The Morgan fingerprint density at radius 3 is 2.75 bits per heavy atom. The summed E-state index contributed by atoms with van der Waals surface area (Å²) < 4.78 is 2.28. The van der Waals surface area contributed by atoms with Crippen LogP contribution < -0.4 is 5.32 Å². The molecule has 108 valence electrons. The molecule has 1 saturated heterocycles. The Kier molecular flexibility index (Phi) is 3.96. The first kappa shape index (κ1) is 13.9. The minimum atomic E-state index is 0.359. The van der Waals surface area contributed by atoms with E-state index in [0.717, 1.165) is 54.6 Å². The number of aromatic nitrogens is 2. The number of fused-ring (bicyclic) bond motifs is 1. The molecule has 0 aliphatic carbocycles. The maximum atomic E-state index is 6.38. The minimum Gasteiger partial charge on any atom is -0.323 e. The van der Waals surface area contributed by atoms with E-state index >= 15 is 0 Å². The topological polar surface area (TPSA) is 33.1 Å². The van der Waals surface area contributed by atoms with Gasteiger partial charge >= 0.3 is 0 Å². The number of hydrogen-bond acceptors (Lipinski definition) is 3. The van der Waals surface area contributed by atoms with Crippen LogP contribution in [0.5, 0.6) is 0 Å². The standard InChI is InChI=1S/C15H21ClN4/c1-11(2)20-14(10-19-8-6-17-7-9-19)18-13-5-3-4-12(16)15(13)20/h3-5,11,17H,6-10H2,1-2H3. The third kappa shape index (κ3) is 2.55. The van der Waals surface area contributed by atoms with Crippen molar-refractivity contribution in [3.05, 3.63) is 29.0 Å². The first-order valence-corrected chi connectivity index (χ1v) is 7.63. The summed E-state index contributed by atoms with van der Waals surface area (Å²) in [5.74, 6) is 1.12. The number of rotatable bonds is 3. The van der Waals surface area contributed by atoms with Crippen LogP contribution in [-0.2, 0) is 6.54 Å². The maximum Gasteiger partial charge on any atom is 0.124 e. The normalized spacial score (nSPS) is 17.2. The summed E-state index contributed by atoms with van der Waals surface area (Å²) in [5, 5.41) is 4.17. The van der Waals surface area contributed by atoms with Crippen LogP contribution >= 0.6 is 11.6 Å². The number of piperazine rings is 1. The van der Waals surface area contributed by atoms with E-state index in [1.165, 1.54) is 0 Å². The fourth-order valence-corrected chi connectivity index (χ4v) is 3.15. The van der Waals surface area contributed by atoms with E-state index in [4.69, 9.17) is 16.6 Å². The van der Waals surface area contributed by atoms with Crippen LogP contribution in [0.2, 0.25) is 5.02 Å². The zero-order chi connectivity index (χ0) is 14.1. The summed E-state index contributed by atoms with van der Waals surface area (Å²) in [5.41, 5.74) is 2.06. The van der Waals surface area contributed by atoms with Crippen LogP contribution in [0, 0.1) is 0 Å². The predicted octanol–water partition coefficient (Wildman–Crippen LogP) is 2.68. The van der Waals surface area contributed by atoms with Crippen molar-refractivity contribution >= 4 is 22.6 Å². The molecule has 1 aliphatic rings. The van der Waals surface area contributed by atoms with Gasteiger partial charge in [-0.05, 0) is 26.0 Å². The summed E-state index contributed by atoms with van der Waals surface area (Å²) in [6.07, 6.45) is 0. The highest BCUT2D eigenvalue weighted by molar-refractivity contribution is 6.35. The molecule has 5 heteroatoms. The second kappa shape index (κ2) is 5.72. The number of benzene rings is 1. The molecule has 0 radical (unpaired) electrons. The average molecular weight is 293 g/mol. The van der Waals surface area contributed by atoms with Gasteiger partial charge in [0.2, 0.25) is 0 Å². The highest BCUT2D eigenvalue weighted by atomic mass is 35.5. The van der Waals surface area contributed by atoms with Crippen LogP contribution in [0.4, 0.5) is 0 Å². The van der Waals surface area contributed by atoms with Crippen molar-refractivity contribution in [2.45, 2.75) is 26.4 Å². The van der Waals surface area contributed by atoms with Gasteiger partial charge in [0.15, 0.2) is 0 Å². The molecule has 0 spiro atoms. The molecule has 0 unspecified atom stereocenters. The van der Waals surface area contributed by atoms with Crippen molar-refractivity contribution in [1.82, 2.24) is 19.8 Å². The van der Waals surface area contributed by atoms with Gasteiger partial charge in [-0.1, -0.05) is 17.7 Å². The van der Waals surface area contributed by atoms with Gasteiger partial charge in [0.1, 0.15) is 5.82 Å². The lowest BCUT2D eigenvalue weighted by Crippen LogP contribution is -2.43. The van der Waals surface area contributed by atoms with E-state index < -0.39 is 0 Å².